The van der Waals surface area contributed by atoms with Crippen LogP contribution in [-0.2, 0) is 6.42 Å². The predicted molar refractivity (Wildman–Crippen MR) is 60.6 cm³/mol. The lowest BCUT2D eigenvalue weighted by molar-refractivity contribution is 0.0925. The molecule has 1 N–H and O–H groups in total. The highest BCUT2D eigenvalue weighted by molar-refractivity contribution is 5.91. The van der Waals surface area contributed by atoms with Gasteiger partial charge in [-0.3, -0.25) is 4.79 Å². The highest BCUT2D eigenvalue weighted by Crippen LogP contribution is 2.05. The van der Waals surface area contributed by atoms with Crippen LogP contribution in [0.25, 0.3) is 0 Å². The van der Waals surface area contributed by atoms with Crippen molar-refractivity contribution in [3.63, 3.8) is 0 Å². The van der Waals surface area contributed by atoms with E-state index in [9.17, 15) is 4.79 Å². The fourth-order valence-corrected chi connectivity index (χ4v) is 1.49. The Hall–Kier alpha value is -2.04. The predicted octanol–water partition coefficient (Wildman–Crippen LogP) is 1.94. The Balaban J connectivity index is 1.68. The van der Waals surface area contributed by atoms with Crippen molar-refractivity contribution in [2.75, 3.05) is 6.54 Å². The van der Waals surface area contributed by atoms with Crippen LogP contribution in [0.2, 0.25) is 0 Å². The maximum atomic E-state index is 11.5. The van der Waals surface area contributed by atoms with Crippen LogP contribution < -0.4 is 5.32 Å². The van der Waals surface area contributed by atoms with Crippen LogP contribution in [0.1, 0.15) is 28.4 Å². The summed E-state index contributed by atoms with van der Waals surface area (Å²) in [5, 5.41) is 6.56. The quantitative estimate of drug-likeness (QED) is 0.803. The zero-order valence-corrected chi connectivity index (χ0v) is 9.60. The number of nitrogens with one attached hydrogen (secondary N) is 1. The second kappa shape index (κ2) is 5.34. The molecule has 5 heteroatoms. The van der Waals surface area contributed by atoms with Gasteiger partial charge in [-0.1, -0.05) is 5.16 Å². The van der Waals surface area contributed by atoms with E-state index in [0.717, 1.165) is 24.3 Å². The standard InChI is InChI=1S/C12H14N2O3/c1-9-8-10(17-14-9)4-2-6-13-12(15)11-5-3-7-16-11/h3,5,7-8H,2,4,6H2,1H3,(H,13,15). The number of carbonyl (C=O) groups is 1. The Morgan fingerprint density at radius 2 is 2.41 bits per heavy atom. The monoisotopic (exact) mass is 234 g/mol. The average molecular weight is 234 g/mol. The van der Waals surface area contributed by atoms with E-state index in [-0.39, 0.29) is 5.91 Å². The topological polar surface area (TPSA) is 68.3 Å². The summed E-state index contributed by atoms with van der Waals surface area (Å²) in [5.41, 5.74) is 0.875. The van der Waals surface area contributed by atoms with E-state index in [1.54, 1.807) is 12.1 Å². The molecule has 0 aliphatic rings. The van der Waals surface area contributed by atoms with Gasteiger partial charge >= 0.3 is 0 Å². The first-order valence-corrected chi connectivity index (χ1v) is 5.49. The molecule has 0 spiro atoms. The van der Waals surface area contributed by atoms with Crippen LogP contribution >= 0.6 is 0 Å². The normalized spacial score (nSPS) is 10.4. The maximum Gasteiger partial charge on any atom is 0.286 e. The lowest BCUT2D eigenvalue weighted by atomic mass is 10.2. The first-order valence-electron chi connectivity index (χ1n) is 5.49. The first kappa shape index (κ1) is 11.4. The lowest BCUT2D eigenvalue weighted by Crippen LogP contribution is -2.24. The second-order valence-corrected chi connectivity index (χ2v) is 3.77. The fraction of sp³-hybridized carbons (Fsp3) is 0.333. The number of amides is 1. The van der Waals surface area contributed by atoms with Crippen LogP contribution in [0.3, 0.4) is 0 Å². The van der Waals surface area contributed by atoms with Gasteiger partial charge in [0.15, 0.2) is 5.76 Å². The van der Waals surface area contributed by atoms with Crippen molar-refractivity contribution in [1.82, 2.24) is 10.5 Å². The third-order valence-corrected chi connectivity index (χ3v) is 2.31. The van der Waals surface area contributed by atoms with E-state index >= 15 is 0 Å². The van der Waals surface area contributed by atoms with Crippen molar-refractivity contribution in [3.8, 4) is 0 Å². The molecule has 0 atom stereocenters. The van der Waals surface area contributed by atoms with E-state index in [0.29, 0.717) is 12.3 Å². The highest BCUT2D eigenvalue weighted by atomic mass is 16.5. The number of nitrogens with zero attached hydrogens (tertiary/aromatic N) is 1. The zero-order chi connectivity index (χ0) is 12.1. The molecule has 0 fully saturated rings. The molecule has 90 valence electrons. The third kappa shape index (κ3) is 3.21. The number of rotatable bonds is 5. The Kier molecular flexibility index (Phi) is 3.59. The lowest BCUT2D eigenvalue weighted by Gasteiger charge is -2.01. The molecule has 0 unspecified atom stereocenters. The molecule has 0 radical (unpaired) electrons. The van der Waals surface area contributed by atoms with Gasteiger partial charge in [0.1, 0.15) is 5.76 Å². The van der Waals surface area contributed by atoms with Crippen molar-refractivity contribution in [1.29, 1.82) is 0 Å². The molecule has 0 saturated heterocycles. The fourth-order valence-electron chi connectivity index (χ4n) is 1.49. The Morgan fingerprint density at radius 3 is 3.06 bits per heavy atom. The largest absolute Gasteiger partial charge is 0.459 e. The van der Waals surface area contributed by atoms with E-state index < -0.39 is 0 Å². The number of hydrogen-bond acceptors (Lipinski definition) is 4. The summed E-state index contributed by atoms with van der Waals surface area (Å²) in [5.74, 6) is 0.985. The third-order valence-electron chi connectivity index (χ3n) is 2.31. The number of hydrogen-bond donors (Lipinski definition) is 1. The van der Waals surface area contributed by atoms with E-state index in [1.165, 1.54) is 6.26 Å². The molecule has 2 aromatic heterocycles. The van der Waals surface area contributed by atoms with Gasteiger partial charge in [0.2, 0.25) is 0 Å². The molecule has 5 nitrogen and oxygen atoms in total. The number of aromatic nitrogens is 1. The average Bonchev–Trinajstić information content (AvgIpc) is 2.95. The summed E-state index contributed by atoms with van der Waals surface area (Å²) in [6.45, 7) is 2.46. The molecule has 0 saturated carbocycles. The van der Waals surface area contributed by atoms with Gasteiger partial charge in [-0.2, -0.15) is 0 Å². The van der Waals surface area contributed by atoms with Crippen molar-refractivity contribution >= 4 is 5.91 Å². The summed E-state index contributed by atoms with van der Waals surface area (Å²) in [6.07, 6.45) is 3.05. The van der Waals surface area contributed by atoms with Gasteiger partial charge in [-0.25, -0.2) is 0 Å². The van der Waals surface area contributed by atoms with Crippen molar-refractivity contribution < 1.29 is 13.7 Å². The maximum absolute atomic E-state index is 11.5. The second-order valence-electron chi connectivity index (χ2n) is 3.77. The van der Waals surface area contributed by atoms with E-state index in [4.69, 9.17) is 8.94 Å². The number of furan rings is 1. The van der Waals surface area contributed by atoms with Gasteiger partial charge < -0.3 is 14.3 Å². The number of aryl methyl sites for hydroxylation is 2. The molecular weight excluding hydrogens is 220 g/mol. The molecule has 0 aromatic carbocycles. The van der Waals surface area contributed by atoms with Crippen LogP contribution in [0.4, 0.5) is 0 Å². The molecule has 0 aliphatic carbocycles. The minimum atomic E-state index is -0.191. The van der Waals surface area contributed by atoms with E-state index in [2.05, 4.69) is 10.5 Å². The van der Waals surface area contributed by atoms with Gasteiger partial charge in [-0.05, 0) is 25.5 Å². The van der Waals surface area contributed by atoms with Gasteiger partial charge in [0, 0.05) is 19.0 Å². The molecule has 0 bridgehead atoms. The minimum absolute atomic E-state index is 0.191. The van der Waals surface area contributed by atoms with Crippen LogP contribution in [0.5, 0.6) is 0 Å². The molecular formula is C12H14N2O3. The summed E-state index contributed by atoms with van der Waals surface area (Å²) in [4.78, 5) is 11.5. The summed E-state index contributed by atoms with van der Waals surface area (Å²) >= 11 is 0. The summed E-state index contributed by atoms with van der Waals surface area (Å²) < 4.78 is 10.0. The Bertz CT molecular complexity index is 474. The minimum Gasteiger partial charge on any atom is -0.459 e. The molecule has 0 aliphatic heterocycles. The Labute approximate surface area is 98.8 Å². The Morgan fingerprint density at radius 1 is 1.53 bits per heavy atom. The SMILES string of the molecule is Cc1cc(CCCNC(=O)c2ccco2)on1. The smallest absolute Gasteiger partial charge is 0.286 e. The summed E-state index contributed by atoms with van der Waals surface area (Å²) in [6, 6.07) is 5.22. The van der Waals surface area contributed by atoms with Crippen molar-refractivity contribution in [2.24, 2.45) is 0 Å². The number of carbonyl (C=O) groups excluding carboxylic acids is 1. The van der Waals surface area contributed by atoms with Crippen molar-refractivity contribution in [3.05, 3.63) is 41.7 Å². The van der Waals surface area contributed by atoms with Gasteiger partial charge in [-0.15, -0.1) is 0 Å². The first-order chi connectivity index (χ1) is 8.25. The zero-order valence-electron chi connectivity index (χ0n) is 9.60. The van der Waals surface area contributed by atoms with Gasteiger partial charge in [0.25, 0.3) is 5.91 Å². The van der Waals surface area contributed by atoms with Crippen molar-refractivity contribution in [2.45, 2.75) is 19.8 Å². The van der Waals surface area contributed by atoms with Crippen LogP contribution in [0.15, 0.2) is 33.4 Å². The van der Waals surface area contributed by atoms with E-state index in [1.807, 2.05) is 13.0 Å². The molecule has 2 rings (SSSR count). The van der Waals surface area contributed by atoms with Crippen LogP contribution in [-0.4, -0.2) is 17.6 Å². The highest BCUT2D eigenvalue weighted by Gasteiger charge is 2.07. The molecule has 17 heavy (non-hydrogen) atoms. The molecule has 2 heterocycles. The van der Waals surface area contributed by atoms with Gasteiger partial charge in [0.05, 0.1) is 12.0 Å². The molecule has 2 aromatic rings. The summed E-state index contributed by atoms with van der Waals surface area (Å²) in [7, 11) is 0. The van der Waals surface area contributed by atoms with Crippen LogP contribution in [0, 0.1) is 6.92 Å². The molecule has 1 amide bonds.